The maximum atomic E-state index is 5.24. The van der Waals surface area contributed by atoms with Gasteiger partial charge in [0.15, 0.2) is 0 Å². The summed E-state index contributed by atoms with van der Waals surface area (Å²) in [5.41, 5.74) is 5.24. The fourth-order valence-corrected chi connectivity index (χ4v) is 0.0962. The van der Waals surface area contributed by atoms with Crippen LogP contribution < -0.4 is 18.0 Å². The van der Waals surface area contributed by atoms with E-state index in [1.54, 1.807) is 12.2 Å². The Morgan fingerprint density at radius 1 is 1.12 bits per heavy atom. The molecule has 0 saturated carbocycles. The molecule has 3 heteroatoms. The lowest BCUT2D eigenvalue weighted by atomic mass is 10.3. The van der Waals surface area contributed by atoms with Crippen LogP contribution in [-0.2, 0) is 0 Å². The second kappa shape index (κ2) is 9.61. The van der Waals surface area contributed by atoms with Crippen LogP contribution in [0.1, 0.15) is 0 Å². The minimum absolute atomic E-state index is 0. The fourth-order valence-electron chi connectivity index (χ4n) is 0.0962. The molecule has 50 valence electrons. The molecule has 0 saturated heterocycles. The van der Waals surface area contributed by atoms with Crippen molar-refractivity contribution >= 4 is 0 Å². The molecular formula is C5H15N3. The first kappa shape index (κ1) is 15.7. The normalized spacial score (nSPS) is 6.25. The highest BCUT2D eigenvalue weighted by Crippen LogP contribution is 1.74. The van der Waals surface area contributed by atoms with Gasteiger partial charge < -0.3 is 18.0 Å². The lowest BCUT2D eigenvalue weighted by Gasteiger charge is -1.89. The van der Waals surface area contributed by atoms with Crippen molar-refractivity contribution in [1.29, 1.82) is 0 Å². The Labute approximate surface area is 50.4 Å². The number of hydrogen-bond donors (Lipinski definition) is 3. The van der Waals surface area contributed by atoms with E-state index in [-0.39, 0.29) is 18.3 Å². The molecule has 8 N–H and O–H groups in total. The van der Waals surface area contributed by atoms with E-state index in [1.165, 1.54) is 0 Å². The molecule has 0 aromatic rings. The zero-order valence-corrected chi connectivity index (χ0v) is 5.14. The van der Waals surface area contributed by atoms with E-state index in [0.717, 1.165) is 0 Å². The first-order chi connectivity index (χ1) is 2.81. The van der Waals surface area contributed by atoms with Crippen LogP contribution in [0, 0.1) is 0 Å². The summed E-state index contributed by atoms with van der Waals surface area (Å²) in [4.78, 5) is 0. The Hall–Kier alpha value is -0.640. The van der Waals surface area contributed by atoms with Gasteiger partial charge in [-0.15, -0.1) is 13.2 Å². The van der Waals surface area contributed by atoms with Crippen LogP contribution in [0.2, 0.25) is 0 Å². The highest BCUT2D eigenvalue weighted by Gasteiger charge is 1.78. The molecular weight excluding hydrogens is 102 g/mol. The number of hydrogen-bond acceptors (Lipinski definition) is 3. The predicted octanol–water partition coefficient (Wildman–Crippen LogP) is 1.01. The molecule has 0 aliphatic carbocycles. The summed E-state index contributed by atoms with van der Waals surface area (Å²) in [6.07, 6.45) is 3.26. The largest absolute Gasteiger partial charge is 0.344 e. The number of nitrogens with two attached hydrogens (primary N) is 1. The van der Waals surface area contributed by atoms with Gasteiger partial charge in [0, 0.05) is 6.04 Å². The van der Waals surface area contributed by atoms with Crippen LogP contribution in [-0.4, -0.2) is 6.04 Å². The molecule has 0 bridgehead atoms. The average molecular weight is 117 g/mol. The summed E-state index contributed by atoms with van der Waals surface area (Å²) >= 11 is 0. The van der Waals surface area contributed by atoms with Crippen molar-refractivity contribution in [3.63, 3.8) is 0 Å². The van der Waals surface area contributed by atoms with E-state index < -0.39 is 0 Å². The maximum Gasteiger partial charge on any atom is 0.0405 e. The van der Waals surface area contributed by atoms with Crippen LogP contribution in [0.15, 0.2) is 25.3 Å². The van der Waals surface area contributed by atoms with Crippen molar-refractivity contribution in [2.75, 3.05) is 0 Å². The van der Waals surface area contributed by atoms with Crippen molar-refractivity contribution in [2.24, 2.45) is 5.73 Å². The molecule has 8 heavy (non-hydrogen) atoms. The lowest BCUT2D eigenvalue weighted by molar-refractivity contribution is 1.04. The van der Waals surface area contributed by atoms with Crippen LogP contribution in [0.4, 0.5) is 0 Å². The summed E-state index contributed by atoms with van der Waals surface area (Å²) in [5, 5.41) is 0. The minimum Gasteiger partial charge on any atom is -0.344 e. The topological polar surface area (TPSA) is 96.0 Å². The highest BCUT2D eigenvalue weighted by atomic mass is 14.6. The molecule has 0 aromatic carbocycles. The van der Waals surface area contributed by atoms with Gasteiger partial charge in [0.2, 0.25) is 0 Å². The van der Waals surface area contributed by atoms with Gasteiger partial charge in [-0.1, -0.05) is 12.2 Å². The lowest BCUT2D eigenvalue weighted by Crippen LogP contribution is -2.10. The molecule has 0 unspecified atom stereocenters. The Bertz CT molecular complexity index is 52.7. The van der Waals surface area contributed by atoms with Gasteiger partial charge in [-0.05, 0) is 0 Å². The van der Waals surface area contributed by atoms with Crippen molar-refractivity contribution in [2.45, 2.75) is 6.04 Å². The van der Waals surface area contributed by atoms with Crippen molar-refractivity contribution in [3.8, 4) is 0 Å². The highest BCUT2D eigenvalue weighted by molar-refractivity contribution is 4.95. The van der Waals surface area contributed by atoms with Crippen molar-refractivity contribution in [3.05, 3.63) is 25.3 Å². The van der Waals surface area contributed by atoms with Crippen LogP contribution in [0.25, 0.3) is 0 Å². The zero-order valence-electron chi connectivity index (χ0n) is 5.14. The molecule has 0 aliphatic rings. The third-order valence-electron chi connectivity index (χ3n) is 0.544. The predicted molar refractivity (Wildman–Crippen MR) is 38.4 cm³/mol. The smallest absolute Gasteiger partial charge is 0.0405 e. The first-order valence-electron chi connectivity index (χ1n) is 1.82. The first-order valence-corrected chi connectivity index (χ1v) is 1.82. The van der Waals surface area contributed by atoms with Gasteiger partial charge in [-0.2, -0.15) is 0 Å². The molecule has 0 fully saturated rings. The van der Waals surface area contributed by atoms with E-state index in [0.29, 0.717) is 0 Å². The second-order valence-electron chi connectivity index (χ2n) is 1.05. The Balaban J connectivity index is -0.000000125. The van der Waals surface area contributed by atoms with Crippen LogP contribution in [0.3, 0.4) is 0 Å². The maximum absolute atomic E-state index is 5.24. The summed E-state index contributed by atoms with van der Waals surface area (Å²) in [7, 11) is 0. The summed E-state index contributed by atoms with van der Waals surface area (Å²) < 4.78 is 0. The summed E-state index contributed by atoms with van der Waals surface area (Å²) in [5.74, 6) is 0. The fraction of sp³-hybridized carbons (Fsp3) is 0.200. The SMILES string of the molecule is C=CC(N)C=C.N.N. The molecule has 0 rings (SSSR count). The van der Waals surface area contributed by atoms with Crippen molar-refractivity contribution < 1.29 is 0 Å². The number of rotatable bonds is 2. The molecule has 3 nitrogen and oxygen atoms in total. The molecule has 0 spiro atoms. The third-order valence-corrected chi connectivity index (χ3v) is 0.544. The third kappa shape index (κ3) is 9.03. The summed E-state index contributed by atoms with van der Waals surface area (Å²) in [6, 6.07) is -0.0370. The van der Waals surface area contributed by atoms with E-state index in [4.69, 9.17) is 5.73 Å². The van der Waals surface area contributed by atoms with Gasteiger partial charge in [0.25, 0.3) is 0 Å². The van der Waals surface area contributed by atoms with E-state index in [2.05, 4.69) is 13.2 Å². The van der Waals surface area contributed by atoms with Gasteiger partial charge >= 0.3 is 0 Å². The van der Waals surface area contributed by atoms with E-state index in [1.807, 2.05) is 0 Å². The molecule has 0 radical (unpaired) electrons. The molecule has 0 heterocycles. The minimum atomic E-state index is -0.0370. The Morgan fingerprint density at radius 3 is 1.38 bits per heavy atom. The monoisotopic (exact) mass is 117 g/mol. The van der Waals surface area contributed by atoms with Crippen LogP contribution >= 0.6 is 0 Å². The zero-order chi connectivity index (χ0) is 4.99. The quantitative estimate of drug-likeness (QED) is 0.471. The molecule has 0 aliphatic heterocycles. The molecule has 0 aromatic heterocycles. The van der Waals surface area contributed by atoms with E-state index in [9.17, 15) is 0 Å². The second-order valence-corrected chi connectivity index (χ2v) is 1.05. The Morgan fingerprint density at radius 2 is 1.38 bits per heavy atom. The molecule has 0 amide bonds. The van der Waals surface area contributed by atoms with Gasteiger partial charge in [-0.25, -0.2) is 0 Å². The van der Waals surface area contributed by atoms with Crippen LogP contribution in [0.5, 0.6) is 0 Å². The standard InChI is InChI=1S/C5H9N.2H3N/c1-3-5(6)4-2;;/h3-5H,1-2,6H2;2*1H3. The van der Waals surface area contributed by atoms with Crippen molar-refractivity contribution in [1.82, 2.24) is 12.3 Å². The van der Waals surface area contributed by atoms with Gasteiger partial charge in [0.1, 0.15) is 0 Å². The Kier molecular flexibility index (Phi) is 18.8. The summed E-state index contributed by atoms with van der Waals surface area (Å²) in [6.45, 7) is 6.87. The van der Waals surface area contributed by atoms with Gasteiger partial charge in [0.05, 0.1) is 0 Å². The average Bonchev–Trinajstić information content (AvgIpc) is 1.65. The van der Waals surface area contributed by atoms with E-state index >= 15 is 0 Å². The molecule has 0 atom stereocenters. The van der Waals surface area contributed by atoms with Gasteiger partial charge in [-0.3, -0.25) is 0 Å².